The van der Waals surface area contributed by atoms with Crippen molar-refractivity contribution in [2.75, 3.05) is 38.7 Å². The molecule has 29 heavy (non-hydrogen) atoms. The van der Waals surface area contributed by atoms with E-state index >= 15 is 0 Å². The lowest BCUT2D eigenvalue weighted by atomic mass is 10.1. The zero-order valence-electron chi connectivity index (χ0n) is 17.3. The molecule has 2 aromatic rings. The second-order valence-corrected chi connectivity index (χ2v) is 7.84. The lowest BCUT2D eigenvalue weighted by Crippen LogP contribution is -2.50. The van der Waals surface area contributed by atoms with Crippen LogP contribution in [0.5, 0.6) is 11.5 Å². The molecule has 0 spiro atoms. The molecule has 8 heteroatoms. The van der Waals surface area contributed by atoms with Crippen LogP contribution in [-0.2, 0) is 0 Å². The highest BCUT2D eigenvalue weighted by Crippen LogP contribution is 2.24. The van der Waals surface area contributed by atoms with Crippen molar-refractivity contribution >= 4 is 46.3 Å². The Morgan fingerprint density at radius 1 is 1.24 bits per heavy atom. The molecule has 1 atom stereocenters. The van der Waals surface area contributed by atoms with Crippen molar-refractivity contribution in [2.24, 2.45) is 4.99 Å². The Morgan fingerprint density at radius 3 is 2.66 bits per heavy atom. The highest BCUT2D eigenvalue weighted by Gasteiger charge is 2.20. The molecule has 1 saturated heterocycles. The molecule has 2 N–H and O–H groups in total. The Balaban J connectivity index is 0.00000300. The van der Waals surface area contributed by atoms with Gasteiger partial charge in [-0.1, -0.05) is 6.07 Å². The van der Waals surface area contributed by atoms with Crippen LogP contribution in [0.25, 0.3) is 0 Å². The quantitative estimate of drug-likeness (QED) is 0.323. The van der Waals surface area contributed by atoms with Crippen molar-refractivity contribution < 1.29 is 9.47 Å². The number of aliphatic imine (C=N–C) groups is 1. The molecular formula is C21H31IN4O2S. The summed E-state index contributed by atoms with van der Waals surface area (Å²) < 4.78 is 11.2. The summed E-state index contributed by atoms with van der Waals surface area (Å²) in [5, 5.41) is 10.4. The molecular weight excluding hydrogens is 499 g/mol. The third-order valence-corrected chi connectivity index (χ3v) is 5.74. The van der Waals surface area contributed by atoms with Crippen molar-refractivity contribution in [3.8, 4) is 11.5 Å². The first kappa shape index (κ1) is 23.6. The number of hydrogen-bond acceptors (Lipinski definition) is 5. The fraction of sp³-hybridized carbons (Fsp3) is 0.476. The van der Waals surface area contributed by atoms with Crippen molar-refractivity contribution in [3.63, 3.8) is 0 Å². The molecule has 1 aliphatic rings. The molecule has 1 aromatic heterocycles. The summed E-state index contributed by atoms with van der Waals surface area (Å²) in [6.45, 7) is 4.86. The van der Waals surface area contributed by atoms with Gasteiger partial charge >= 0.3 is 0 Å². The third-order valence-electron chi connectivity index (χ3n) is 4.81. The van der Waals surface area contributed by atoms with Crippen LogP contribution in [0.3, 0.4) is 0 Å². The Labute approximate surface area is 194 Å². The minimum Gasteiger partial charge on any atom is -0.497 e. The maximum Gasteiger partial charge on any atom is 0.191 e. The largest absolute Gasteiger partial charge is 0.497 e. The number of anilines is 1. The van der Waals surface area contributed by atoms with E-state index in [1.807, 2.05) is 49.6 Å². The minimum absolute atomic E-state index is 0. The molecule has 3 rings (SSSR count). The molecule has 1 unspecified atom stereocenters. The van der Waals surface area contributed by atoms with Crippen LogP contribution >= 0.6 is 35.3 Å². The molecule has 1 aliphatic heterocycles. The second kappa shape index (κ2) is 12.1. The van der Waals surface area contributed by atoms with Gasteiger partial charge in [0.1, 0.15) is 17.6 Å². The van der Waals surface area contributed by atoms with Crippen LogP contribution < -0.4 is 25.0 Å². The molecule has 0 amide bonds. The number of benzene rings is 1. The van der Waals surface area contributed by atoms with E-state index in [0.717, 1.165) is 43.4 Å². The summed E-state index contributed by atoms with van der Waals surface area (Å²) in [4.78, 5) is 6.83. The SMILES string of the molecule is CN=C(NCC(C)Oc1cccc(OC)c1)NC1CCN(c2cccs2)CC1.I. The minimum atomic E-state index is 0. The van der Waals surface area contributed by atoms with Crippen molar-refractivity contribution in [1.82, 2.24) is 10.6 Å². The molecule has 1 aromatic carbocycles. The van der Waals surface area contributed by atoms with Crippen molar-refractivity contribution in [2.45, 2.75) is 31.9 Å². The van der Waals surface area contributed by atoms with Crippen LogP contribution in [-0.4, -0.2) is 51.9 Å². The Hall–Kier alpha value is -1.68. The molecule has 0 radical (unpaired) electrons. The van der Waals surface area contributed by atoms with Gasteiger partial charge in [0.05, 0.1) is 18.7 Å². The van der Waals surface area contributed by atoms with E-state index in [2.05, 4.69) is 38.0 Å². The highest BCUT2D eigenvalue weighted by atomic mass is 127. The smallest absolute Gasteiger partial charge is 0.191 e. The molecule has 0 aliphatic carbocycles. The summed E-state index contributed by atoms with van der Waals surface area (Å²) in [5.74, 6) is 2.43. The first-order valence-corrected chi connectivity index (χ1v) is 10.6. The number of nitrogens with one attached hydrogen (secondary N) is 2. The van der Waals surface area contributed by atoms with Crippen LogP contribution in [0.1, 0.15) is 19.8 Å². The van der Waals surface area contributed by atoms with Crippen molar-refractivity contribution in [3.05, 3.63) is 41.8 Å². The van der Waals surface area contributed by atoms with Gasteiger partial charge in [0.25, 0.3) is 0 Å². The van der Waals surface area contributed by atoms with Gasteiger partial charge in [0.15, 0.2) is 5.96 Å². The number of nitrogens with zero attached hydrogens (tertiary/aromatic N) is 2. The number of thiophene rings is 1. The molecule has 6 nitrogen and oxygen atoms in total. The van der Waals surface area contributed by atoms with Crippen LogP contribution in [0.4, 0.5) is 5.00 Å². The van der Waals surface area contributed by atoms with E-state index in [4.69, 9.17) is 9.47 Å². The number of hydrogen-bond donors (Lipinski definition) is 2. The Bertz CT molecular complexity index is 749. The number of ether oxygens (including phenoxy) is 2. The van der Waals surface area contributed by atoms with Gasteiger partial charge in [0, 0.05) is 32.2 Å². The average molecular weight is 530 g/mol. The summed E-state index contributed by atoms with van der Waals surface area (Å²) in [5.41, 5.74) is 0. The number of guanidine groups is 1. The topological polar surface area (TPSA) is 58.1 Å². The third kappa shape index (κ3) is 7.26. The zero-order chi connectivity index (χ0) is 19.8. The zero-order valence-corrected chi connectivity index (χ0v) is 20.4. The van der Waals surface area contributed by atoms with Crippen molar-refractivity contribution in [1.29, 1.82) is 0 Å². The first-order chi connectivity index (χ1) is 13.7. The first-order valence-electron chi connectivity index (χ1n) is 9.74. The predicted molar refractivity (Wildman–Crippen MR) is 133 cm³/mol. The highest BCUT2D eigenvalue weighted by molar-refractivity contribution is 14.0. The Kier molecular flexibility index (Phi) is 9.86. The standard InChI is InChI=1S/C21H30N4O2S.HI/c1-16(27-19-7-4-6-18(14-19)26-3)15-23-21(22-2)24-17-9-11-25(12-10-17)20-8-5-13-28-20;/h4-8,13-14,16-17H,9-12,15H2,1-3H3,(H2,22,23,24);1H. The average Bonchev–Trinajstić information content (AvgIpc) is 3.26. The fourth-order valence-corrected chi connectivity index (χ4v) is 4.06. The number of piperidine rings is 1. The van der Waals surface area contributed by atoms with E-state index < -0.39 is 0 Å². The Morgan fingerprint density at radius 2 is 2.00 bits per heavy atom. The summed E-state index contributed by atoms with van der Waals surface area (Å²) >= 11 is 1.81. The van der Waals surface area contributed by atoms with Gasteiger partial charge in [-0.3, -0.25) is 4.99 Å². The lowest BCUT2D eigenvalue weighted by Gasteiger charge is -2.33. The van der Waals surface area contributed by atoms with Gasteiger partial charge in [0.2, 0.25) is 0 Å². The normalized spacial score (nSPS) is 16.0. The van der Waals surface area contributed by atoms with Gasteiger partial charge < -0.3 is 25.0 Å². The fourth-order valence-electron chi connectivity index (χ4n) is 3.27. The number of methoxy groups -OCH3 is 1. The van der Waals surface area contributed by atoms with Crippen LogP contribution in [0, 0.1) is 0 Å². The monoisotopic (exact) mass is 530 g/mol. The van der Waals surface area contributed by atoms with Gasteiger partial charge in [-0.15, -0.1) is 35.3 Å². The number of halogens is 1. The van der Waals surface area contributed by atoms with Gasteiger partial charge in [-0.2, -0.15) is 0 Å². The molecule has 0 saturated carbocycles. The molecule has 2 heterocycles. The summed E-state index contributed by atoms with van der Waals surface area (Å²) in [6, 6.07) is 12.4. The van der Waals surface area contributed by atoms with E-state index in [9.17, 15) is 0 Å². The maximum absolute atomic E-state index is 5.97. The second-order valence-electron chi connectivity index (χ2n) is 6.92. The molecule has 1 fully saturated rings. The molecule has 160 valence electrons. The van der Waals surface area contributed by atoms with E-state index in [1.165, 1.54) is 5.00 Å². The van der Waals surface area contributed by atoms with Gasteiger partial charge in [-0.05, 0) is 49.4 Å². The number of rotatable bonds is 7. The molecule has 0 bridgehead atoms. The summed E-state index contributed by atoms with van der Waals surface area (Å²) in [6.07, 6.45) is 2.22. The maximum atomic E-state index is 5.97. The summed E-state index contributed by atoms with van der Waals surface area (Å²) in [7, 11) is 3.47. The van der Waals surface area contributed by atoms with E-state index in [1.54, 1.807) is 7.11 Å². The van der Waals surface area contributed by atoms with Crippen LogP contribution in [0.15, 0.2) is 46.8 Å². The van der Waals surface area contributed by atoms with Gasteiger partial charge in [-0.25, -0.2) is 0 Å². The predicted octanol–water partition coefficient (Wildman–Crippen LogP) is 3.98. The van der Waals surface area contributed by atoms with E-state index in [0.29, 0.717) is 12.6 Å². The van der Waals surface area contributed by atoms with E-state index in [-0.39, 0.29) is 30.1 Å². The lowest BCUT2D eigenvalue weighted by molar-refractivity contribution is 0.222. The van der Waals surface area contributed by atoms with Crippen LogP contribution in [0.2, 0.25) is 0 Å².